The first-order valence-corrected chi connectivity index (χ1v) is 8.89. The van der Waals surface area contributed by atoms with Crippen LogP contribution in [0.5, 0.6) is 0 Å². The topological polar surface area (TPSA) is 92.8 Å². The van der Waals surface area contributed by atoms with Crippen molar-refractivity contribution in [2.75, 3.05) is 26.7 Å². The molecule has 1 N–H and O–H groups in total. The zero-order chi connectivity index (χ0) is 17.0. The van der Waals surface area contributed by atoms with E-state index in [1.165, 1.54) is 19.2 Å². The molecule has 0 spiro atoms. The fourth-order valence-corrected chi connectivity index (χ4v) is 3.16. The molecule has 1 saturated heterocycles. The van der Waals surface area contributed by atoms with Crippen molar-refractivity contribution in [2.24, 2.45) is 0 Å². The van der Waals surface area contributed by atoms with E-state index in [1.807, 2.05) is 0 Å². The average Bonchev–Trinajstić information content (AvgIpc) is 3.07. The van der Waals surface area contributed by atoms with E-state index >= 15 is 0 Å². The number of ether oxygens (including phenoxy) is 1. The van der Waals surface area contributed by atoms with E-state index in [4.69, 9.17) is 16.3 Å². The molecule has 0 bridgehead atoms. The van der Waals surface area contributed by atoms with E-state index in [0.29, 0.717) is 13.1 Å². The number of nitrogens with zero attached hydrogens (tertiary/aromatic N) is 1. The molecule has 0 saturated carbocycles. The van der Waals surface area contributed by atoms with Crippen LogP contribution in [0.1, 0.15) is 23.2 Å². The Hall–Kier alpha value is -1.64. The smallest absolute Gasteiger partial charge is 0.340 e. The zero-order valence-corrected chi connectivity index (χ0v) is 14.1. The molecule has 0 unspecified atom stereocenters. The molecule has 1 fully saturated rings. The van der Waals surface area contributed by atoms with Crippen LogP contribution in [0, 0.1) is 0 Å². The predicted octanol–water partition coefficient (Wildman–Crippen LogP) is 1.03. The Morgan fingerprint density at radius 2 is 1.96 bits per heavy atom. The molecule has 9 heteroatoms. The number of hydrogen-bond acceptors (Lipinski definition) is 5. The molecule has 126 valence electrons. The Morgan fingerprint density at radius 3 is 2.57 bits per heavy atom. The van der Waals surface area contributed by atoms with Crippen LogP contribution in [0.3, 0.4) is 0 Å². The fraction of sp³-hybridized carbons (Fsp3) is 0.429. The summed E-state index contributed by atoms with van der Waals surface area (Å²) in [7, 11) is -2.45. The second kappa shape index (κ2) is 7.29. The van der Waals surface area contributed by atoms with Crippen molar-refractivity contribution >= 4 is 33.5 Å². The van der Waals surface area contributed by atoms with Gasteiger partial charge in [-0.05, 0) is 38.1 Å². The summed E-state index contributed by atoms with van der Waals surface area (Å²) in [5.41, 5.74) is -0.0998. The number of carbonyl (C=O) groups is 2. The minimum Gasteiger partial charge on any atom is -0.452 e. The Balaban J connectivity index is 2.09. The van der Waals surface area contributed by atoms with E-state index in [1.54, 1.807) is 4.90 Å². The van der Waals surface area contributed by atoms with Crippen molar-refractivity contribution in [3.05, 3.63) is 28.8 Å². The van der Waals surface area contributed by atoms with E-state index < -0.39 is 22.6 Å². The Morgan fingerprint density at radius 1 is 1.30 bits per heavy atom. The van der Waals surface area contributed by atoms with Gasteiger partial charge in [0.2, 0.25) is 10.0 Å². The summed E-state index contributed by atoms with van der Waals surface area (Å²) in [4.78, 5) is 25.4. The SMILES string of the molecule is CNS(=O)(=O)c1ccc(Cl)c(C(=O)OCC(=O)N2CCCC2)c1. The van der Waals surface area contributed by atoms with E-state index in [-0.39, 0.29) is 21.4 Å². The number of halogens is 1. The van der Waals surface area contributed by atoms with Crippen LogP contribution in [0.4, 0.5) is 0 Å². The van der Waals surface area contributed by atoms with Crippen molar-refractivity contribution in [2.45, 2.75) is 17.7 Å². The molecule has 23 heavy (non-hydrogen) atoms. The summed E-state index contributed by atoms with van der Waals surface area (Å²) < 4.78 is 30.6. The molecule has 1 aliphatic rings. The van der Waals surface area contributed by atoms with Gasteiger partial charge in [0.15, 0.2) is 6.61 Å². The van der Waals surface area contributed by atoms with Gasteiger partial charge in [-0.1, -0.05) is 11.6 Å². The highest BCUT2D eigenvalue weighted by Crippen LogP contribution is 2.21. The number of likely N-dealkylation sites (tertiary alicyclic amines) is 1. The van der Waals surface area contributed by atoms with Crippen LogP contribution in [-0.2, 0) is 19.6 Å². The number of rotatable bonds is 5. The number of carbonyl (C=O) groups excluding carboxylic acids is 2. The van der Waals surface area contributed by atoms with Gasteiger partial charge < -0.3 is 9.64 Å². The van der Waals surface area contributed by atoms with Gasteiger partial charge in [-0.25, -0.2) is 17.9 Å². The van der Waals surface area contributed by atoms with Gasteiger partial charge in [0, 0.05) is 13.1 Å². The fourth-order valence-electron chi connectivity index (χ4n) is 2.21. The summed E-state index contributed by atoms with van der Waals surface area (Å²) in [5, 5.41) is 0.0543. The van der Waals surface area contributed by atoms with Crippen molar-refractivity contribution < 1.29 is 22.7 Å². The van der Waals surface area contributed by atoms with Crippen LogP contribution >= 0.6 is 11.6 Å². The summed E-state index contributed by atoms with van der Waals surface area (Å²) >= 11 is 5.92. The number of esters is 1. The third-order valence-corrected chi connectivity index (χ3v) is 5.26. The second-order valence-corrected chi connectivity index (χ2v) is 7.31. The highest BCUT2D eigenvalue weighted by molar-refractivity contribution is 7.89. The first kappa shape index (κ1) is 17.7. The van der Waals surface area contributed by atoms with Gasteiger partial charge in [-0.3, -0.25) is 4.79 Å². The van der Waals surface area contributed by atoms with Gasteiger partial charge in [-0.2, -0.15) is 0 Å². The maximum atomic E-state index is 12.1. The monoisotopic (exact) mass is 360 g/mol. The maximum Gasteiger partial charge on any atom is 0.340 e. The average molecular weight is 361 g/mol. The molecule has 0 aromatic heterocycles. The number of sulfonamides is 1. The lowest BCUT2D eigenvalue weighted by Gasteiger charge is -2.15. The van der Waals surface area contributed by atoms with Crippen LogP contribution in [0.2, 0.25) is 5.02 Å². The molecular weight excluding hydrogens is 344 g/mol. The van der Waals surface area contributed by atoms with Crippen molar-refractivity contribution in [1.82, 2.24) is 9.62 Å². The molecule has 0 radical (unpaired) electrons. The Kier molecular flexibility index (Phi) is 5.61. The minimum absolute atomic E-state index is 0.0543. The van der Waals surface area contributed by atoms with E-state index in [0.717, 1.165) is 18.9 Å². The molecule has 1 aromatic rings. The van der Waals surface area contributed by atoms with Crippen molar-refractivity contribution in [1.29, 1.82) is 0 Å². The molecular formula is C14H17ClN2O5S. The lowest BCUT2D eigenvalue weighted by molar-refractivity contribution is -0.133. The van der Waals surface area contributed by atoms with Gasteiger partial charge in [0.05, 0.1) is 15.5 Å². The molecule has 1 aromatic carbocycles. The van der Waals surface area contributed by atoms with Gasteiger partial charge in [0.1, 0.15) is 0 Å². The lowest BCUT2D eigenvalue weighted by atomic mass is 10.2. The predicted molar refractivity (Wildman–Crippen MR) is 83.8 cm³/mol. The quantitative estimate of drug-likeness (QED) is 0.791. The summed E-state index contributed by atoms with van der Waals surface area (Å²) in [5.74, 6) is -1.11. The van der Waals surface area contributed by atoms with E-state index in [9.17, 15) is 18.0 Å². The molecule has 2 rings (SSSR count). The summed E-state index contributed by atoms with van der Waals surface area (Å²) in [6.45, 7) is 0.929. The highest BCUT2D eigenvalue weighted by atomic mass is 35.5. The van der Waals surface area contributed by atoms with Crippen LogP contribution in [0.25, 0.3) is 0 Å². The molecule has 7 nitrogen and oxygen atoms in total. The summed E-state index contributed by atoms with van der Waals surface area (Å²) in [6.07, 6.45) is 1.88. The lowest BCUT2D eigenvalue weighted by Crippen LogP contribution is -2.32. The number of benzene rings is 1. The highest BCUT2D eigenvalue weighted by Gasteiger charge is 2.22. The van der Waals surface area contributed by atoms with Gasteiger partial charge in [-0.15, -0.1) is 0 Å². The third-order valence-electron chi connectivity index (χ3n) is 3.52. The van der Waals surface area contributed by atoms with Gasteiger partial charge in [0.25, 0.3) is 5.91 Å². The van der Waals surface area contributed by atoms with Crippen molar-refractivity contribution in [3.63, 3.8) is 0 Å². The zero-order valence-electron chi connectivity index (χ0n) is 12.5. The summed E-state index contributed by atoms with van der Waals surface area (Å²) in [6, 6.07) is 3.70. The molecule has 0 atom stereocenters. The first-order valence-electron chi connectivity index (χ1n) is 7.03. The van der Waals surface area contributed by atoms with Crippen LogP contribution in [-0.4, -0.2) is 51.9 Å². The molecule has 1 aliphatic heterocycles. The third kappa shape index (κ3) is 4.21. The minimum atomic E-state index is -3.71. The first-order chi connectivity index (χ1) is 10.8. The van der Waals surface area contributed by atoms with Crippen molar-refractivity contribution in [3.8, 4) is 0 Å². The number of amides is 1. The molecule has 1 heterocycles. The maximum absolute atomic E-state index is 12.1. The van der Waals surface area contributed by atoms with Crippen LogP contribution < -0.4 is 4.72 Å². The Bertz CT molecular complexity index is 714. The number of nitrogens with one attached hydrogen (secondary N) is 1. The molecule has 1 amide bonds. The number of hydrogen-bond donors (Lipinski definition) is 1. The largest absolute Gasteiger partial charge is 0.452 e. The van der Waals surface area contributed by atoms with Crippen LogP contribution in [0.15, 0.2) is 23.1 Å². The van der Waals surface area contributed by atoms with Gasteiger partial charge >= 0.3 is 5.97 Å². The second-order valence-electron chi connectivity index (χ2n) is 5.01. The van der Waals surface area contributed by atoms with E-state index in [2.05, 4.69) is 4.72 Å². The molecule has 0 aliphatic carbocycles. The standard InChI is InChI=1S/C14H17ClN2O5S/c1-16-23(20,21)10-4-5-12(15)11(8-10)14(19)22-9-13(18)17-6-2-3-7-17/h4-5,8,16H,2-3,6-7,9H2,1H3. The normalized spacial score (nSPS) is 14.8. The Labute approximate surface area is 139 Å².